The fourth-order valence-corrected chi connectivity index (χ4v) is 1.14. The van der Waals surface area contributed by atoms with Crippen molar-refractivity contribution in [3.63, 3.8) is 0 Å². The first kappa shape index (κ1) is 16.0. The van der Waals surface area contributed by atoms with E-state index in [4.69, 9.17) is 10.5 Å². The number of hydrogen-bond donors (Lipinski definition) is 2. The highest BCUT2D eigenvalue weighted by Gasteiger charge is 1.96. The first-order valence-corrected chi connectivity index (χ1v) is 5.33. The first-order chi connectivity index (χ1) is 7.61. The summed E-state index contributed by atoms with van der Waals surface area (Å²) in [5.41, 5.74) is 6.64. The lowest BCUT2D eigenvalue weighted by atomic mass is 10.2. The van der Waals surface area contributed by atoms with Crippen molar-refractivity contribution in [3.05, 3.63) is 24.3 Å². The van der Waals surface area contributed by atoms with E-state index in [1.807, 2.05) is 24.3 Å². The van der Waals surface area contributed by atoms with Gasteiger partial charge in [-0.3, -0.25) is 4.99 Å². The minimum Gasteiger partial charge on any atom is -0.497 e. The molecule has 1 aromatic rings. The van der Waals surface area contributed by atoms with Crippen LogP contribution in [0.4, 0.5) is 5.69 Å². The molecule has 0 atom stereocenters. The van der Waals surface area contributed by atoms with Crippen LogP contribution in [0.3, 0.4) is 0 Å². The van der Waals surface area contributed by atoms with Crippen LogP contribution in [0.5, 0.6) is 5.75 Å². The Kier molecular flexibility index (Phi) is 7.69. The maximum absolute atomic E-state index is 5.73. The normalized spacial score (nSPS) is 10.9. The highest BCUT2D eigenvalue weighted by atomic mass is 127. The lowest BCUT2D eigenvalue weighted by molar-refractivity contribution is 0.415. The monoisotopic (exact) mass is 349 g/mol. The number of halogens is 1. The second kappa shape index (κ2) is 8.16. The molecular formula is C12H20IN3O. The Morgan fingerprint density at radius 2 is 1.94 bits per heavy atom. The van der Waals surface area contributed by atoms with Crippen molar-refractivity contribution in [1.82, 2.24) is 0 Å². The maximum atomic E-state index is 5.73. The van der Waals surface area contributed by atoms with Gasteiger partial charge in [0.2, 0.25) is 0 Å². The molecule has 3 N–H and O–H groups in total. The lowest BCUT2D eigenvalue weighted by Gasteiger charge is -2.07. The van der Waals surface area contributed by atoms with Gasteiger partial charge in [-0.2, -0.15) is 0 Å². The SMILES string of the molecule is COc1ccc(NC(N)=NCC(C)C)cc1.I. The van der Waals surface area contributed by atoms with E-state index in [9.17, 15) is 0 Å². The highest BCUT2D eigenvalue weighted by molar-refractivity contribution is 14.0. The van der Waals surface area contributed by atoms with Crippen molar-refractivity contribution < 1.29 is 4.74 Å². The van der Waals surface area contributed by atoms with E-state index in [0.29, 0.717) is 11.9 Å². The Hall–Kier alpha value is -0.980. The highest BCUT2D eigenvalue weighted by Crippen LogP contribution is 2.14. The van der Waals surface area contributed by atoms with Crippen molar-refractivity contribution in [3.8, 4) is 5.75 Å². The van der Waals surface area contributed by atoms with E-state index in [0.717, 1.165) is 18.0 Å². The molecule has 0 amide bonds. The molecule has 0 saturated heterocycles. The summed E-state index contributed by atoms with van der Waals surface area (Å²) < 4.78 is 5.06. The first-order valence-electron chi connectivity index (χ1n) is 5.33. The molecule has 4 nitrogen and oxygen atoms in total. The van der Waals surface area contributed by atoms with Crippen LogP contribution >= 0.6 is 24.0 Å². The molecule has 1 aromatic carbocycles. The molecule has 0 aliphatic heterocycles. The number of ether oxygens (including phenoxy) is 1. The predicted octanol–water partition coefficient (Wildman–Crippen LogP) is 2.70. The molecule has 1 rings (SSSR count). The molecule has 0 aromatic heterocycles. The molecule has 0 bridgehead atoms. The average Bonchev–Trinajstić information content (AvgIpc) is 2.27. The van der Waals surface area contributed by atoms with E-state index in [1.54, 1.807) is 7.11 Å². The van der Waals surface area contributed by atoms with Gasteiger partial charge in [0.25, 0.3) is 0 Å². The molecule has 0 heterocycles. The van der Waals surface area contributed by atoms with Gasteiger partial charge < -0.3 is 15.8 Å². The number of nitrogens with one attached hydrogen (secondary N) is 1. The molecule has 5 heteroatoms. The Morgan fingerprint density at radius 1 is 1.35 bits per heavy atom. The van der Waals surface area contributed by atoms with E-state index < -0.39 is 0 Å². The Morgan fingerprint density at radius 3 is 2.41 bits per heavy atom. The number of hydrogen-bond acceptors (Lipinski definition) is 2. The minimum absolute atomic E-state index is 0. The van der Waals surface area contributed by atoms with Gasteiger partial charge in [0.15, 0.2) is 5.96 Å². The van der Waals surface area contributed by atoms with Gasteiger partial charge in [0.1, 0.15) is 5.75 Å². The third-order valence-electron chi connectivity index (χ3n) is 1.99. The van der Waals surface area contributed by atoms with E-state index >= 15 is 0 Å². The van der Waals surface area contributed by atoms with Gasteiger partial charge in [0.05, 0.1) is 7.11 Å². The topological polar surface area (TPSA) is 59.6 Å². The van der Waals surface area contributed by atoms with Crippen LogP contribution in [0.25, 0.3) is 0 Å². The Bertz CT molecular complexity index is 349. The maximum Gasteiger partial charge on any atom is 0.193 e. The smallest absolute Gasteiger partial charge is 0.193 e. The van der Waals surface area contributed by atoms with Gasteiger partial charge >= 0.3 is 0 Å². The lowest BCUT2D eigenvalue weighted by Crippen LogP contribution is -2.23. The predicted molar refractivity (Wildman–Crippen MR) is 83.4 cm³/mol. The summed E-state index contributed by atoms with van der Waals surface area (Å²) in [7, 11) is 1.64. The van der Waals surface area contributed by atoms with Crippen LogP contribution in [0.1, 0.15) is 13.8 Å². The van der Waals surface area contributed by atoms with Crippen LogP contribution in [-0.4, -0.2) is 19.6 Å². The van der Waals surface area contributed by atoms with Gasteiger partial charge in [-0.05, 0) is 30.2 Å². The van der Waals surface area contributed by atoms with E-state index in [1.165, 1.54) is 0 Å². The third kappa shape index (κ3) is 6.35. The molecule has 0 spiro atoms. The summed E-state index contributed by atoms with van der Waals surface area (Å²) in [5.74, 6) is 1.78. The van der Waals surface area contributed by atoms with Crippen molar-refractivity contribution >= 4 is 35.6 Å². The zero-order valence-electron chi connectivity index (χ0n) is 10.4. The molecule has 0 fully saturated rings. The van der Waals surface area contributed by atoms with Gasteiger partial charge in [-0.15, -0.1) is 24.0 Å². The number of nitrogens with two attached hydrogens (primary N) is 1. The second-order valence-electron chi connectivity index (χ2n) is 3.97. The van der Waals surface area contributed by atoms with Gasteiger partial charge in [-0.1, -0.05) is 13.8 Å². The summed E-state index contributed by atoms with van der Waals surface area (Å²) in [6.45, 7) is 4.93. The zero-order valence-corrected chi connectivity index (χ0v) is 12.8. The molecule has 17 heavy (non-hydrogen) atoms. The van der Waals surface area contributed by atoms with E-state index in [2.05, 4.69) is 24.2 Å². The number of rotatable bonds is 4. The fraction of sp³-hybridized carbons (Fsp3) is 0.417. The summed E-state index contributed by atoms with van der Waals surface area (Å²) in [6.07, 6.45) is 0. The Labute approximate surface area is 120 Å². The molecule has 0 aliphatic carbocycles. The van der Waals surface area contributed by atoms with Crippen molar-refractivity contribution in [2.75, 3.05) is 19.0 Å². The average molecular weight is 349 g/mol. The summed E-state index contributed by atoms with van der Waals surface area (Å²) in [5, 5.41) is 3.02. The van der Waals surface area contributed by atoms with Crippen molar-refractivity contribution in [1.29, 1.82) is 0 Å². The number of nitrogens with zero attached hydrogens (tertiary/aromatic N) is 1. The molecule has 0 unspecified atom stereocenters. The number of methoxy groups -OCH3 is 1. The third-order valence-corrected chi connectivity index (χ3v) is 1.99. The van der Waals surface area contributed by atoms with E-state index in [-0.39, 0.29) is 24.0 Å². The summed E-state index contributed by atoms with van der Waals surface area (Å²) in [6, 6.07) is 7.54. The largest absolute Gasteiger partial charge is 0.497 e. The van der Waals surface area contributed by atoms with Gasteiger partial charge in [-0.25, -0.2) is 0 Å². The molecule has 0 aliphatic rings. The number of aliphatic imine (C=N–C) groups is 1. The zero-order chi connectivity index (χ0) is 12.0. The summed E-state index contributed by atoms with van der Waals surface area (Å²) in [4.78, 5) is 4.21. The van der Waals surface area contributed by atoms with Crippen LogP contribution in [-0.2, 0) is 0 Å². The van der Waals surface area contributed by atoms with Crippen molar-refractivity contribution in [2.24, 2.45) is 16.6 Å². The van der Waals surface area contributed by atoms with Gasteiger partial charge in [0, 0.05) is 12.2 Å². The second-order valence-corrected chi connectivity index (χ2v) is 3.97. The van der Waals surface area contributed by atoms with Crippen LogP contribution in [0.15, 0.2) is 29.3 Å². The number of guanidine groups is 1. The molecule has 96 valence electrons. The molecular weight excluding hydrogens is 329 g/mol. The fourth-order valence-electron chi connectivity index (χ4n) is 1.14. The summed E-state index contributed by atoms with van der Waals surface area (Å²) >= 11 is 0. The number of benzene rings is 1. The van der Waals surface area contributed by atoms with Crippen LogP contribution in [0, 0.1) is 5.92 Å². The van der Waals surface area contributed by atoms with Crippen LogP contribution in [0.2, 0.25) is 0 Å². The van der Waals surface area contributed by atoms with Crippen LogP contribution < -0.4 is 15.8 Å². The molecule has 0 saturated carbocycles. The minimum atomic E-state index is 0. The standard InChI is InChI=1S/C12H19N3O.HI/c1-9(2)8-14-12(13)15-10-4-6-11(16-3)7-5-10;/h4-7,9H,8H2,1-3H3,(H3,13,14,15);1H. The quantitative estimate of drug-likeness (QED) is 0.499. The van der Waals surface area contributed by atoms with Crippen molar-refractivity contribution in [2.45, 2.75) is 13.8 Å². The number of anilines is 1. The molecule has 0 radical (unpaired) electrons. The Balaban J connectivity index is 0.00000256.